The van der Waals surface area contributed by atoms with Crippen LogP contribution >= 0.6 is 0 Å². The van der Waals surface area contributed by atoms with Gasteiger partial charge in [-0.2, -0.15) is 5.10 Å². The van der Waals surface area contributed by atoms with E-state index in [9.17, 15) is 0 Å². The third kappa shape index (κ3) is 2.40. The predicted octanol–water partition coefficient (Wildman–Crippen LogP) is 2.20. The van der Waals surface area contributed by atoms with Gasteiger partial charge in [-0.1, -0.05) is 12.8 Å². The maximum absolute atomic E-state index is 5.82. The summed E-state index contributed by atoms with van der Waals surface area (Å²) in [5, 5.41) is 4.61. The molecule has 1 aromatic rings. The summed E-state index contributed by atoms with van der Waals surface area (Å²) in [7, 11) is 0. The van der Waals surface area contributed by atoms with E-state index in [2.05, 4.69) is 22.9 Å². The Bertz CT molecular complexity index is 322. The van der Waals surface area contributed by atoms with Crippen LogP contribution in [-0.4, -0.2) is 15.8 Å². The Morgan fingerprint density at radius 3 is 2.80 bits per heavy atom. The molecule has 1 aliphatic rings. The Morgan fingerprint density at radius 1 is 1.53 bits per heavy atom. The van der Waals surface area contributed by atoms with Crippen molar-refractivity contribution in [2.24, 2.45) is 5.73 Å². The average molecular weight is 207 g/mol. The molecule has 2 N–H and O–H groups in total. The Labute approximate surface area is 91.7 Å². The molecular weight excluding hydrogens is 186 g/mol. The molecule has 1 fully saturated rings. The molecule has 1 heterocycles. The van der Waals surface area contributed by atoms with Crippen LogP contribution in [0.5, 0.6) is 0 Å². The third-order valence-electron chi connectivity index (χ3n) is 3.26. The highest BCUT2D eigenvalue weighted by molar-refractivity contribution is 5.17. The van der Waals surface area contributed by atoms with Gasteiger partial charge in [-0.05, 0) is 38.7 Å². The second-order valence-corrected chi connectivity index (χ2v) is 4.84. The molecule has 1 aliphatic carbocycles. The summed E-state index contributed by atoms with van der Waals surface area (Å²) in [5.41, 5.74) is 8.29. The molecular formula is C12H21N3. The second kappa shape index (κ2) is 4.35. The quantitative estimate of drug-likeness (QED) is 0.825. The molecule has 1 saturated carbocycles. The maximum atomic E-state index is 5.82. The van der Waals surface area contributed by atoms with Crippen molar-refractivity contribution in [2.75, 3.05) is 0 Å². The number of nitrogens with two attached hydrogens (primary N) is 1. The van der Waals surface area contributed by atoms with Gasteiger partial charge in [-0.25, -0.2) is 0 Å². The van der Waals surface area contributed by atoms with Gasteiger partial charge >= 0.3 is 0 Å². The lowest BCUT2D eigenvalue weighted by Crippen LogP contribution is -2.17. The highest BCUT2D eigenvalue weighted by atomic mass is 15.3. The average Bonchev–Trinajstić information content (AvgIpc) is 2.75. The van der Waals surface area contributed by atoms with Crippen molar-refractivity contribution in [3.63, 3.8) is 0 Å². The fourth-order valence-electron chi connectivity index (χ4n) is 2.42. The largest absolute Gasteiger partial charge is 0.328 e. The summed E-state index contributed by atoms with van der Waals surface area (Å²) in [5.74, 6) is 0. The van der Waals surface area contributed by atoms with Crippen LogP contribution in [0.3, 0.4) is 0 Å². The van der Waals surface area contributed by atoms with Crippen molar-refractivity contribution in [1.82, 2.24) is 9.78 Å². The van der Waals surface area contributed by atoms with Crippen LogP contribution in [0, 0.1) is 6.92 Å². The van der Waals surface area contributed by atoms with Gasteiger partial charge in [0.2, 0.25) is 0 Å². The van der Waals surface area contributed by atoms with Gasteiger partial charge in [0.1, 0.15) is 0 Å². The normalized spacial score (nSPS) is 19.7. The number of rotatable bonds is 3. The van der Waals surface area contributed by atoms with Gasteiger partial charge < -0.3 is 5.73 Å². The van der Waals surface area contributed by atoms with Crippen LogP contribution in [0.25, 0.3) is 0 Å². The zero-order chi connectivity index (χ0) is 10.8. The first kappa shape index (κ1) is 10.7. The molecule has 15 heavy (non-hydrogen) atoms. The Kier molecular flexibility index (Phi) is 3.10. The van der Waals surface area contributed by atoms with Gasteiger partial charge in [0.25, 0.3) is 0 Å². The Balaban J connectivity index is 2.12. The fraction of sp³-hybridized carbons (Fsp3) is 0.750. The van der Waals surface area contributed by atoms with Crippen molar-refractivity contribution in [1.29, 1.82) is 0 Å². The zero-order valence-electron chi connectivity index (χ0n) is 9.74. The monoisotopic (exact) mass is 207 g/mol. The predicted molar refractivity (Wildman–Crippen MR) is 61.8 cm³/mol. The van der Waals surface area contributed by atoms with Crippen molar-refractivity contribution in [2.45, 2.75) is 58.0 Å². The minimum Gasteiger partial charge on any atom is -0.328 e. The molecule has 0 aromatic carbocycles. The molecule has 1 aromatic heterocycles. The van der Waals surface area contributed by atoms with Gasteiger partial charge in [0.05, 0.1) is 11.7 Å². The van der Waals surface area contributed by atoms with E-state index in [1.165, 1.54) is 31.2 Å². The van der Waals surface area contributed by atoms with Gasteiger partial charge in [0.15, 0.2) is 0 Å². The van der Waals surface area contributed by atoms with Crippen molar-refractivity contribution >= 4 is 0 Å². The van der Waals surface area contributed by atoms with E-state index < -0.39 is 0 Å². The van der Waals surface area contributed by atoms with Crippen LogP contribution in [0.4, 0.5) is 0 Å². The summed E-state index contributed by atoms with van der Waals surface area (Å²) < 4.78 is 2.17. The lowest BCUT2D eigenvalue weighted by atomic mass is 10.1. The molecule has 0 amide bonds. The molecule has 1 unspecified atom stereocenters. The van der Waals surface area contributed by atoms with Crippen LogP contribution in [0.2, 0.25) is 0 Å². The molecule has 0 saturated heterocycles. The van der Waals surface area contributed by atoms with E-state index in [1.54, 1.807) is 0 Å². The molecule has 0 aliphatic heterocycles. The summed E-state index contributed by atoms with van der Waals surface area (Å²) in [6.07, 6.45) is 8.43. The first-order valence-corrected chi connectivity index (χ1v) is 5.97. The molecule has 1 atom stereocenters. The van der Waals surface area contributed by atoms with Gasteiger partial charge in [-0.15, -0.1) is 0 Å². The summed E-state index contributed by atoms with van der Waals surface area (Å²) in [4.78, 5) is 0. The molecule has 0 bridgehead atoms. The smallest absolute Gasteiger partial charge is 0.0626 e. The van der Waals surface area contributed by atoms with E-state index in [-0.39, 0.29) is 6.04 Å². The number of hydrogen-bond donors (Lipinski definition) is 1. The van der Waals surface area contributed by atoms with Crippen LogP contribution in [0.15, 0.2) is 6.20 Å². The standard InChI is InChI=1S/C12H21N3/c1-9(13)7-11-8-15(14-10(11)2)12-5-3-4-6-12/h8-9,12H,3-7,13H2,1-2H3. The number of aromatic nitrogens is 2. The first-order valence-electron chi connectivity index (χ1n) is 5.97. The summed E-state index contributed by atoms with van der Waals surface area (Å²) in [6.45, 7) is 4.13. The first-order chi connectivity index (χ1) is 7.16. The lowest BCUT2D eigenvalue weighted by molar-refractivity contribution is 0.464. The number of hydrogen-bond acceptors (Lipinski definition) is 2. The lowest BCUT2D eigenvalue weighted by Gasteiger charge is -2.08. The molecule has 2 rings (SSSR count). The minimum atomic E-state index is 0.227. The van der Waals surface area contributed by atoms with E-state index in [4.69, 9.17) is 5.73 Å². The van der Waals surface area contributed by atoms with Gasteiger partial charge in [0, 0.05) is 12.2 Å². The van der Waals surface area contributed by atoms with E-state index >= 15 is 0 Å². The molecule has 3 heteroatoms. The zero-order valence-corrected chi connectivity index (χ0v) is 9.74. The van der Waals surface area contributed by atoms with Crippen LogP contribution < -0.4 is 5.73 Å². The second-order valence-electron chi connectivity index (χ2n) is 4.84. The molecule has 0 spiro atoms. The molecule has 84 valence electrons. The number of aryl methyl sites for hydroxylation is 1. The topological polar surface area (TPSA) is 43.8 Å². The van der Waals surface area contributed by atoms with Crippen LogP contribution in [-0.2, 0) is 6.42 Å². The Hall–Kier alpha value is -0.830. The highest BCUT2D eigenvalue weighted by Gasteiger charge is 2.18. The van der Waals surface area contributed by atoms with E-state index in [0.29, 0.717) is 6.04 Å². The summed E-state index contributed by atoms with van der Waals surface area (Å²) >= 11 is 0. The van der Waals surface area contributed by atoms with Crippen molar-refractivity contribution < 1.29 is 0 Å². The van der Waals surface area contributed by atoms with E-state index in [1.807, 2.05) is 6.92 Å². The van der Waals surface area contributed by atoms with Crippen molar-refractivity contribution in [3.05, 3.63) is 17.5 Å². The summed E-state index contributed by atoms with van der Waals surface area (Å²) in [6, 6.07) is 0.871. The van der Waals surface area contributed by atoms with Crippen molar-refractivity contribution in [3.8, 4) is 0 Å². The van der Waals surface area contributed by atoms with E-state index in [0.717, 1.165) is 12.1 Å². The third-order valence-corrected chi connectivity index (χ3v) is 3.26. The van der Waals surface area contributed by atoms with Gasteiger partial charge in [-0.3, -0.25) is 4.68 Å². The Morgan fingerprint density at radius 2 is 2.20 bits per heavy atom. The fourth-order valence-corrected chi connectivity index (χ4v) is 2.42. The molecule has 3 nitrogen and oxygen atoms in total. The molecule has 0 radical (unpaired) electrons. The number of nitrogens with zero attached hydrogens (tertiary/aromatic N) is 2. The minimum absolute atomic E-state index is 0.227. The SMILES string of the molecule is Cc1nn(C2CCCC2)cc1CC(C)N. The van der Waals surface area contributed by atoms with Crippen LogP contribution in [0.1, 0.15) is 49.9 Å². The highest BCUT2D eigenvalue weighted by Crippen LogP contribution is 2.29. The maximum Gasteiger partial charge on any atom is 0.0626 e.